The molecule has 7 heteroatoms. The quantitative estimate of drug-likeness (QED) is 0.816. The van der Waals surface area contributed by atoms with Gasteiger partial charge in [0.1, 0.15) is 0 Å². The number of benzene rings is 1. The summed E-state index contributed by atoms with van der Waals surface area (Å²) >= 11 is 0. The Morgan fingerprint density at radius 1 is 1.04 bits per heavy atom. The standard InChI is InChI=1S/C20H25F2NO3S/c1-12(20-9-13-6-14(10-20)8-15(7-13)11-20)23-18(24)16-2-4-17(5-3-16)27(25,26)19(21)22/h2-5,12-15,19H,6-11H2,1H3,(H,23,24)/t12-,13?,14?,15?,20?/m1/s1. The third-order valence-corrected chi connectivity index (χ3v) is 8.43. The summed E-state index contributed by atoms with van der Waals surface area (Å²) in [6, 6.07) is 4.80. The number of hydrogen-bond acceptors (Lipinski definition) is 3. The molecule has 5 rings (SSSR count). The van der Waals surface area contributed by atoms with E-state index in [0.29, 0.717) is 5.56 Å². The van der Waals surface area contributed by atoms with Crippen LogP contribution in [0.25, 0.3) is 0 Å². The maximum atomic E-state index is 12.6. The third-order valence-electron chi connectivity index (χ3n) is 7.03. The maximum Gasteiger partial charge on any atom is 0.341 e. The highest BCUT2D eigenvalue weighted by Gasteiger charge is 2.53. The molecule has 4 nitrogen and oxygen atoms in total. The molecule has 1 N–H and O–H groups in total. The Hall–Kier alpha value is -1.50. The van der Waals surface area contributed by atoms with Gasteiger partial charge in [0, 0.05) is 11.6 Å². The fourth-order valence-electron chi connectivity index (χ4n) is 6.04. The lowest BCUT2D eigenvalue weighted by Gasteiger charge is -2.59. The van der Waals surface area contributed by atoms with Gasteiger partial charge < -0.3 is 5.32 Å². The molecule has 4 fully saturated rings. The van der Waals surface area contributed by atoms with Gasteiger partial charge in [0.25, 0.3) is 5.91 Å². The van der Waals surface area contributed by atoms with E-state index in [-0.39, 0.29) is 17.4 Å². The summed E-state index contributed by atoms with van der Waals surface area (Å²) in [7, 11) is -4.64. The van der Waals surface area contributed by atoms with Crippen LogP contribution < -0.4 is 5.32 Å². The lowest BCUT2D eigenvalue weighted by molar-refractivity contribution is -0.0688. The molecule has 0 aliphatic heterocycles. The maximum absolute atomic E-state index is 12.6. The van der Waals surface area contributed by atoms with E-state index < -0.39 is 20.5 Å². The molecule has 4 bridgehead atoms. The Balaban J connectivity index is 1.46. The van der Waals surface area contributed by atoms with Gasteiger partial charge >= 0.3 is 5.76 Å². The summed E-state index contributed by atoms with van der Waals surface area (Å²) in [5.74, 6) is -1.38. The molecule has 1 aromatic carbocycles. The van der Waals surface area contributed by atoms with Gasteiger partial charge in [-0.25, -0.2) is 8.42 Å². The Kier molecular flexibility index (Phi) is 4.56. The molecule has 148 valence electrons. The Labute approximate surface area is 158 Å². The molecule has 1 amide bonds. The summed E-state index contributed by atoms with van der Waals surface area (Å²) in [5, 5.41) is 3.10. The van der Waals surface area contributed by atoms with E-state index in [0.717, 1.165) is 29.9 Å². The van der Waals surface area contributed by atoms with E-state index in [1.807, 2.05) is 0 Å². The average Bonchev–Trinajstić information content (AvgIpc) is 2.60. The minimum atomic E-state index is -4.64. The second kappa shape index (κ2) is 6.54. The molecule has 0 radical (unpaired) electrons. The first-order valence-electron chi connectivity index (χ1n) is 9.62. The number of amides is 1. The minimum Gasteiger partial charge on any atom is -0.349 e. The van der Waals surface area contributed by atoms with Crippen molar-refractivity contribution in [1.29, 1.82) is 0 Å². The zero-order valence-electron chi connectivity index (χ0n) is 15.3. The number of alkyl halides is 2. The molecule has 4 saturated carbocycles. The van der Waals surface area contributed by atoms with Crippen molar-refractivity contribution in [2.75, 3.05) is 0 Å². The van der Waals surface area contributed by atoms with Gasteiger partial charge in [-0.3, -0.25) is 4.79 Å². The summed E-state index contributed by atoms with van der Waals surface area (Å²) < 4.78 is 48.2. The normalized spacial score (nSPS) is 33.3. The molecule has 0 aromatic heterocycles. The number of hydrogen-bond donors (Lipinski definition) is 1. The van der Waals surface area contributed by atoms with Crippen LogP contribution in [0.1, 0.15) is 55.8 Å². The van der Waals surface area contributed by atoms with Crippen molar-refractivity contribution in [1.82, 2.24) is 5.32 Å². The summed E-state index contributed by atoms with van der Waals surface area (Å²) in [5.41, 5.74) is 0.461. The van der Waals surface area contributed by atoms with Crippen molar-refractivity contribution in [3.63, 3.8) is 0 Å². The van der Waals surface area contributed by atoms with Crippen molar-refractivity contribution in [3.05, 3.63) is 29.8 Å². The number of carbonyl (C=O) groups excluding carboxylic acids is 1. The van der Waals surface area contributed by atoms with Crippen molar-refractivity contribution in [3.8, 4) is 0 Å². The highest BCUT2D eigenvalue weighted by Crippen LogP contribution is 2.61. The van der Waals surface area contributed by atoms with E-state index in [1.165, 1.54) is 50.7 Å². The molecule has 0 saturated heterocycles. The molecule has 1 aromatic rings. The lowest BCUT2D eigenvalue weighted by atomic mass is 9.48. The molecule has 0 heterocycles. The number of sulfone groups is 1. The topological polar surface area (TPSA) is 63.2 Å². The number of halogens is 2. The lowest BCUT2D eigenvalue weighted by Crippen LogP contribution is -2.55. The van der Waals surface area contributed by atoms with Crippen molar-refractivity contribution < 1.29 is 22.0 Å². The predicted octanol–water partition coefficient (Wildman–Crippen LogP) is 4.02. The Morgan fingerprint density at radius 2 is 1.52 bits per heavy atom. The third kappa shape index (κ3) is 3.28. The predicted molar refractivity (Wildman–Crippen MR) is 97.2 cm³/mol. The van der Waals surface area contributed by atoms with E-state index in [9.17, 15) is 22.0 Å². The smallest absolute Gasteiger partial charge is 0.341 e. The zero-order chi connectivity index (χ0) is 19.4. The van der Waals surface area contributed by atoms with Gasteiger partial charge in [0.15, 0.2) is 0 Å². The van der Waals surface area contributed by atoms with Gasteiger partial charge in [0.2, 0.25) is 9.84 Å². The van der Waals surface area contributed by atoms with Crippen LogP contribution in [0.5, 0.6) is 0 Å². The molecule has 0 spiro atoms. The fraction of sp³-hybridized carbons (Fsp3) is 0.650. The number of nitrogens with one attached hydrogen (secondary N) is 1. The van der Waals surface area contributed by atoms with Crippen LogP contribution in [-0.2, 0) is 9.84 Å². The first kappa shape index (κ1) is 18.8. The second-order valence-electron chi connectivity index (χ2n) is 8.81. The fourth-order valence-corrected chi connectivity index (χ4v) is 6.76. The summed E-state index contributed by atoms with van der Waals surface area (Å²) in [6.45, 7) is 2.07. The monoisotopic (exact) mass is 397 g/mol. The molecule has 4 aliphatic carbocycles. The van der Waals surface area contributed by atoms with Crippen LogP contribution in [0.2, 0.25) is 0 Å². The number of rotatable bonds is 5. The summed E-state index contributed by atoms with van der Waals surface area (Å²) in [6.07, 6.45) is 7.52. The Bertz CT molecular complexity index is 800. The first-order valence-corrected chi connectivity index (χ1v) is 11.2. The molecular formula is C20H25F2NO3S. The van der Waals surface area contributed by atoms with E-state index >= 15 is 0 Å². The van der Waals surface area contributed by atoms with Crippen LogP contribution >= 0.6 is 0 Å². The van der Waals surface area contributed by atoms with Crippen molar-refractivity contribution >= 4 is 15.7 Å². The average molecular weight is 397 g/mol. The summed E-state index contributed by atoms with van der Waals surface area (Å²) in [4.78, 5) is 12.2. The Morgan fingerprint density at radius 3 is 1.96 bits per heavy atom. The highest BCUT2D eigenvalue weighted by atomic mass is 32.2. The number of carbonyl (C=O) groups is 1. The molecule has 27 heavy (non-hydrogen) atoms. The molecule has 4 aliphatic rings. The van der Waals surface area contributed by atoms with Crippen molar-refractivity contribution in [2.45, 2.75) is 62.1 Å². The van der Waals surface area contributed by atoms with Crippen molar-refractivity contribution in [2.24, 2.45) is 23.2 Å². The van der Waals surface area contributed by atoms with Crippen LogP contribution in [0.3, 0.4) is 0 Å². The minimum absolute atomic E-state index is 0.0443. The van der Waals surface area contributed by atoms with Gasteiger partial charge in [0.05, 0.1) is 4.90 Å². The SMILES string of the molecule is C[C@@H](NC(=O)c1ccc(S(=O)(=O)C(F)F)cc1)C12CC3CC(CC(C3)C1)C2. The first-order chi connectivity index (χ1) is 12.7. The van der Waals surface area contributed by atoms with E-state index in [4.69, 9.17) is 0 Å². The van der Waals surface area contributed by atoms with Gasteiger partial charge in [-0.05, 0) is 92.9 Å². The van der Waals surface area contributed by atoms with E-state index in [2.05, 4.69) is 12.2 Å². The highest BCUT2D eigenvalue weighted by molar-refractivity contribution is 7.91. The largest absolute Gasteiger partial charge is 0.349 e. The van der Waals surface area contributed by atoms with E-state index in [1.54, 1.807) is 0 Å². The molecule has 0 unspecified atom stereocenters. The van der Waals surface area contributed by atoms with Crippen LogP contribution in [0.4, 0.5) is 8.78 Å². The van der Waals surface area contributed by atoms with Gasteiger partial charge in [-0.2, -0.15) is 8.78 Å². The zero-order valence-corrected chi connectivity index (χ0v) is 16.1. The molecular weight excluding hydrogens is 372 g/mol. The van der Waals surface area contributed by atoms with Gasteiger partial charge in [-0.1, -0.05) is 0 Å². The van der Waals surface area contributed by atoms with Crippen LogP contribution in [0, 0.1) is 23.2 Å². The van der Waals surface area contributed by atoms with Gasteiger partial charge in [-0.15, -0.1) is 0 Å². The van der Waals surface area contributed by atoms with Crippen LogP contribution in [0.15, 0.2) is 29.2 Å². The second-order valence-corrected chi connectivity index (χ2v) is 10.7. The molecule has 1 atom stereocenters. The van der Waals surface area contributed by atoms with Crippen LogP contribution in [-0.4, -0.2) is 26.1 Å².